The molecule has 0 spiro atoms. The number of carbonyl (C=O) groups is 1. The summed E-state index contributed by atoms with van der Waals surface area (Å²) in [6.45, 7) is 5.26. The number of benzene rings is 1. The van der Waals surface area contributed by atoms with E-state index in [-0.39, 0.29) is 5.78 Å². The van der Waals surface area contributed by atoms with Gasteiger partial charge >= 0.3 is 0 Å². The maximum Gasteiger partial charge on any atom is 0.183 e. The second-order valence-corrected chi connectivity index (χ2v) is 8.36. The van der Waals surface area contributed by atoms with Crippen molar-refractivity contribution < 1.29 is 4.79 Å². The van der Waals surface area contributed by atoms with E-state index in [1.807, 2.05) is 18.2 Å². The molecular formula is C17H17ClN2OS2. The zero-order chi connectivity index (χ0) is 16.4. The smallest absolute Gasteiger partial charge is 0.183 e. The van der Waals surface area contributed by atoms with Gasteiger partial charge < -0.3 is 4.57 Å². The minimum absolute atomic E-state index is 0.0926. The van der Waals surface area contributed by atoms with Gasteiger partial charge in [0.05, 0.1) is 26.0 Å². The van der Waals surface area contributed by atoms with E-state index in [1.54, 1.807) is 12.1 Å². The van der Waals surface area contributed by atoms with E-state index in [0.717, 1.165) is 22.7 Å². The molecule has 0 bridgehead atoms. The summed E-state index contributed by atoms with van der Waals surface area (Å²) in [5.74, 6) is 0.979. The highest BCUT2D eigenvalue weighted by Gasteiger charge is 2.15. The topological polar surface area (TPSA) is 34.9 Å². The van der Waals surface area contributed by atoms with Gasteiger partial charge in [0.15, 0.2) is 10.9 Å². The van der Waals surface area contributed by atoms with Gasteiger partial charge in [-0.15, -0.1) is 11.3 Å². The quantitative estimate of drug-likeness (QED) is 0.435. The van der Waals surface area contributed by atoms with Crippen LogP contribution in [-0.4, -0.2) is 21.1 Å². The van der Waals surface area contributed by atoms with Crippen LogP contribution in [0, 0.1) is 5.92 Å². The van der Waals surface area contributed by atoms with Crippen molar-refractivity contribution in [1.82, 2.24) is 9.55 Å². The maximum absolute atomic E-state index is 12.3. The van der Waals surface area contributed by atoms with Crippen LogP contribution in [0.4, 0.5) is 0 Å². The lowest BCUT2D eigenvalue weighted by atomic mass is 10.2. The van der Waals surface area contributed by atoms with Gasteiger partial charge in [0.2, 0.25) is 0 Å². The Kier molecular flexibility index (Phi) is 5.09. The molecule has 0 N–H and O–H groups in total. The molecule has 1 aromatic carbocycles. The molecule has 3 rings (SSSR count). The second-order valence-electron chi connectivity index (χ2n) is 5.70. The average molecular weight is 365 g/mol. The Morgan fingerprint density at radius 1 is 1.30 bits per heavy atom. The summed E-state index contributed by atoms with van der Waals surface area (Å²) in [7, 11) is 0. The molecule has 3 nitrogen and oxygen atoms in total. The lowest BCUT2D eigenvalue weighted by Crippen LogP contribution is -2.07. The number of aromatic nitrogens is 2. The maximum atomic E-state index is 12.3. The van der Waals surface area contributed by atoms with Gasteiger partial charge in [-0.05, 0) is 30.2 Å². The van der Waals surface area contributed by atoms with E-state index in [4.69, 9.17) is 11.6 Å². The molecule has 120 valence electrons. The molecule has 2 aromatic heterocycles. The summed E-state index contributed by atoms with van der Waals surface area (Å²) in [5.41, 5.74) is 2.09. The molecule has 0 amide bonds. The first-order valence-corrected chi connectivity index (χ1v) is 9.59. The molecule has 0 fully saturated rings. The van der Waals surface area contributed by atoms with Crippen LogP contribution in [-0.2, 0) is 6.54 Å². The first-order valence-electron chi connectivity index (χ1n) is 7.41. The van der Waals surface area contributed by atoms with Crippen LogP contribution in [0.5, 0.6) is 0 Å². The van der Waals surface area contributed by atoms with Crippen LogP contribution in [0.25, 0.3) is 11.0 Å². The summed E-state index contributed by atoms with van der Waals surface area (Å²) in [6, 6.07) is 11.6. The molecular weight excluding hydrogens is 348 g/mol. The molecule has 0 unspecified atom stereocenters. The fourth-order valence-corrected chi connectivity index (χ4v) is 4.35. The van der Waals surface area contributed by atoms with Crippen molar-refractivity contribution in [3.05, 3.63) is 45.6 Å². The number of rotatable bonds is 6. The number of halogens is 1. The number of thioether (sulfide) groups is 1. The third-order valence-electron chi connectivity index (χ3n) is 3.35. The predicted molar refractivity (Wildman–Crippen MR) is 99.0 cm³/mol. The lowest BCUT2D eigenvalue weighted by Gasteiger charge is -2.11. The number of hydrogen-bond acceptors (Lipinski definition) is 4. The minimum Gasteiger partial charge on any atom is -0.319 e. The molecule has 6 heteroatoms. The summed E-state index contributed by atoms with van der Waals surface area (Å²) in [5, 5.41) is 0.899. The Morgan fingerprint density at radius 2 is 2.09 bits per heavy atom. The van der Waals surface area contributed by atoms with Crippen molar-refractivity contribution in [3.63, 3.8) is 0 Å². The summed E-state index contributed by atoms with van der Waals surface area (Å²) < 4.78 is 2.85. The zero-order valence-corrected chi connectivity index (χ0v) is 15.3. The lowest BCUT2D eigenvalue weighted by molar-refractivity contribution is 0.102. The van der Waals surface area contributed by atoms with Crippen LogP contribution in [0.15, 0.2) is 41.6 Å². The number of ketones is 1. The first kappa shape index (κ1) is 16.6. The van der Waals surface area contributed by atoms with Gasteiger partial charge in [0.1, 0.15) is 0 Å². The zero-order valence-electron chi connectivity index (χ0n) is 13.0. The van der Waals surface area contributed by atoms with Crippen LogP contribution in [0.2, 0.25) is 4.34 Å². The van der Waals surface area contributed by atoms with Gasteiger partial charge in [0.25, 0.3) is 0 Å². The van der Waals surface area contributed by atoms with E-state index in [1.165, 1.54) is 23.1 Å². The van der Waals surface area contributed by atoms with Gasteiger partial charge in [0, 0.05) is 6.54 Å². The van der Waals surface area contributed by atoms with Gasteiger partial charge in [-0.2, -0.15) is 0 Å². The Hall–Kier alpha value is -1.30. The van der Waals surface area contributed by atoms with Gasteiger partial charge in [-0.3, -0.25) is 4.79 Å². The van der Waals surface area contributed by atoms with Crippen LogP contribution >= 0.6 is 34.7 Å². The number of thiophene rings is 1. The van der Waals surface area contributed by atoms with E-state index < -0.39 is 0 Å². The summed E-state index contributed by atoms with van der Waals surface area (Å²) >= 11 is 8.72. The van der Waals surface area contributed by atoms with E-state index in [2.05, 4.69) is 29.5 Å². The SMILES string of the molecule is CC(C)Cn1c(SCC(=O)c2ccc(Cl)s2)nc2ccccc21. The molecule has 0 aliphatic carbocycles. The second kappa shape index (κ2) is 7.07. The van der Waals surface area contributed by atoms with Crippen molar-refractivity contribution in [2.45, 2.75) is 25.5 Å². The van der Waals surface area contributed by atoms with E-state index >= 15 is 0 Å². The molecule has 0 aliphatic rings. The monoisotopic (exact) mass is 364 g/mol. The van der Waals surface area contributed by atoms with Crippen molar-refractivity contribution in [2.75, 3.05) is 5.75 Å². The highest BCUT2D eigenvalue weighted by molar-refractivity contribution is 7.99. The third kappa shape index (κ3) is 3.79. The Bertz CT molecular complexity index is 838. The molecule has 3 aromatic rings. The van der Waals surface area contributed by atoms with Crippen molar-refractivity contribution >= 4 is 51.5 Å². The molecule has 23 heavy (non-hydrogen) atoms. The van der Waals surface area contributed by atoms with Crippen molar-refractivity contribution in [2.24, 2.45) is 5.92 Å². The number of fused-ring (bicyclic) bond motifs is 1. The number of carbonyl (C=O) groups excluding carboxylic acids is 1. The van der Waals surface area contributed by atoms with E-state index in [0.29, 0.717) is 20.9 Å². The Balaban J connectivity index is 1.83. The molecule has 0 aliphatic heterocycles. The molecule has 2 heterocycles. The molecule has 0 atom stereocenters. The fraction of sp³-hybridized carbons (Fsp3) is 0.294. The van der Waals surface area contributed by atoms with Crippen LogP contribution < -0.4 is 0 Å². The summed E-state index contributed by atoms with van der Waals surface area (Å²) in [4.78, 5) is 17.7. The molecule has 0 saturated heterocycles. The largest absolute Gasteiger partial charge is 0.319 e. The number of imidazole rings is 1. The number of hydrogen-bond donors (Lipinski definition) is 0. The average Bonchev–Trinajstić information content (AvgIpc) is 3.09. The first-order chi connectivity index (χ1) is 11.0. The number of para-hydroxylation sites is 2. The summed E-state index contributed by atoms with van der Waals surface area (Å²) in [6.07, 6.45) is 0. The van der Waals surface area contributed by atoms with Crippen LogP contribution in [0.3, 0.4) is 0 Å². The van der Waals surface area contributed by atoms with Gasteiger partial charge in [-0.1, -0.05) is 49.3 Å². The normalized spacial score (nSPS) is 11.5. The van der Waals surface area contributed by atoms with Crippen LogP contribution in [0.1, 0.15) is 23.5 Å². The Labute approximate surface area is 148 Å². The number of nitrogens with zero attached hydrogens (tertiary/aromatic N) is 2. The molecule has 0 saturated carbocycles. The molecule has 0 radical (unpaired) electrons. The van der Waals surface area contributed by atoms with E-state index in [9.17, 15) is 4.79 Å². The van der Waals surface area contributed by atoms with Crippen molar-refractivity contribution in [3.8, 4) is 0 Å². The predicted octanol–water partition coefficient (Wildman–Crippen LogP) is 5.38. The Morgan fingerprint density at radius 3 is 2.78 bits per heavy atom. The minimum atomic E-state index is 0.0926. The third-order valence-corrected chi connectivity index (χ3v) is 5.60. The van der Waals surface area contributed by atoms with Gasteiger partial charge in [-0.25, -0.2) is 4.98 Å². The fourth-order valence-electron chi connectivity index (χ4n) is 2.37. The number of Topliss-reactive ketones (excluding diaryl/α,β-unsaturated/α-hetero) is 1. The highest BCUT2D eigenvalue weighted by Crippen LogP contribution is 2.27. The highest BCUT2D eigenvalue weighted by atomic mass is 35.5. The standard InChI is InChI=1S/C17H17ClN2OS2/c1-11(2)9-20-13-6-4-3-5-12(13)19-17(20)22-10-14(21)15-7-8-16(18)23-15/h3-8,11H,9-10H2,1-2H3. The van der Waals surface area contributed by atoms with Crippen molar-refractivity contribution in [1.29, 1.82) is 0 Å².